The molecule has 6 heteroatoms. The number of ether oxygens (including phenoxy) is 3. The van der Waals surface area contributed by atoms with Gasteiger partial charge in [0.15, 0.2) is 6.79 Å². The molecule has 0 N–H and O–H groups in total. The van der Waals surface area contributed by atoms with Crippen molar-refractivity contribution in [3.63, 3.8) is 0 Å². The van der Waals surface area contributed by atoms with Crippen molar-refractivity contribution in [2.45, 2.75) is 20.5 Å². The van der Waals surface area contributed by atoms with Crippen molar-refractivity contribution in [1.82, 2.24) is 0 Å². The third-order valence-electron chi connectivity index (χ3n) is 2.29. The number of halogens is 2. The molecular formula is C13H16ClIO4. The number of alkyl halides is 1. The fourth-order valence-electron chi connectivity index (χ4n) is 1.45. The number of carbonyl (C=O) groups is 1. The number of rotatable bonds is 7. The molecule has 0 saturated carbocycles. The van der Waals surface area contributed by atoms with Gasteiger partial charge >= 0.3 is 5.97 Å². The zero-order valence-corrected chi connectivity index (χ0v) is 13.8. The van der Waals surface area contributed by atoms with Crippen LogP contribution in [0, 0.1) is 10.5 Å². The number of esters is 1. The molecule has 0 aromatic heterocycles. The molecule has 0 aliphatic rings. The molecule has 0 radical (unpaired) electrons. The molecule has 0 saturated heterocycles. The number of carbonyl (C=O) groups excluding carboxylic acids is 1. The van der Waals surface area contributed by atoms with Crippen LogP contribution in [0.1, 0.15) is 18.1 Å². The summed E-state index contributed by atoms with van der Waals surface area (Å²) in [6.07, 6.45) is 0. The third kappa shape index (κ3) is 5.54. The van der Waals surface area contributed by atoms with Crippen molar-refractivity contribution in [2.75, 3.05) is 19.3 Å². The molecule has 0 atom stereocenters. The van der Waals surface area contributed by atoms with Gasteiger partial charge in [0, 0.05) is 6.61 Å². The first-order chi connectivity index (χ1) is 9.08. The lowest BCUT2D eigenvalue weighted by Gasteiger charge is -2.13. The van der Waals surface area contributed by atoms with Crippen molar-refractivity contribution in [3.8, 4) is 5.75 Å². The number of benzene rings is 1. The molecule has 0 fully saturated rings. The van der Waals surface area contributed by atoms with Gasteiger partial charge in [-0.25, -0.2) is 0 Å². The average molecular weight is 399 g/mol. The zero-order valence-electron chi connectivity index (χ0n) is 10.9. The molecule has 0 amide bonds. The van der Waals surface area contributed by atoms with Crippen LogP contribution in [0.3, 0.4) is 0 Å². The highest BCUT2D eigenvalue weighted by molar-refractivity contribution is 14.1. The highest BCUT2D eigenvalue weighted by Gasteiger charge is 2.09. The minimum absolute atomic E-state index is 0.133. The van der Waals surface area contributed by atoms with Crippen LogP contribution in [0.25, 0.3) is 0 Å². The number of hydrogen-bond acceptors (Lipinski definition) is 4. The smallest absolute Gasteiger partial charge is 0.321 e. The molecule has 19 heavy (non-hydrogen) atoms. The lowest BCUT2D eigenvalue weighted by molar-refractivity contribution is -0.141. The molecule has 0 aliphatic carbocycles. The SMILES string of the molecule is CCOCOc1c(C)cc(COC(=O)CCl)cc1I. The number of aryl methyl sites for hydroxylation is 1. The van der Waals surface area contributed by atoms with Crippen molar-refractivity contribution in [2.24, 2.45) is 0 Å². The van der Waals surface area contributed by atoms with Crippen LogP contribution < -0.4 is 4.74 Å². The summed E-state index contributed by atoms with van der Waals surface area (Å²) in [5, 5.41) is 0. The molecule has 1 aromatic carbocycles. The van der Waals surface area contributed by atoms with Crippen molar-refractivity contribution < 1.29 is 19.0 Å². The second-order valence-electron chi connectivity index (χ2n) is 3.77. The van der Waals surface area contributed by atoms with Gasteiger partial charge < -0.3 is 14.2 Å². The van der Waals surface area contributed by atoms with Gasteiger partial charge in [-0.05, 0) is 59.7 Å². The quantitative estimate of drug-likeness (QED) is 0.232. The summed E-state index contributed by atoms with van der Waals surface area (Å²) < 4.78 is 16.7. The van der Waals surface area contributed by atoms with Gasteiger partial charge in [0.25, 0.3) is 0 Å². The van der Waals surface area contributed by atoms with Crippen molar-refractivity contribution in [1.29, 1.82) is 0 Å². The summed E-state index contributed by atoms with van der Waals surface area (Å²) in [6, 6.07) is 3.83. The van der Waals surface area contributed by atoms with E-state index in [9.17, 15) is 4.79 Å². The maximum Gasteiger partial charge on any atom is 0.321 e. The molecule has 4 nitrogen and oxygen atoms in total. The first-order valence-electron chi connectivity index (χ1n) is 5.79. The van der Waals surface area contributed by atoms with Gasteiger partial charge in [-0.3, -0.25) is 4.79 Å². The Morgan fingerprint density at radius 3 is 2.74 bits per heavy atom. The highest BCUT2D eigenvalue weighted by atomic mass is 127. The minimum atomic E-state index is -0.425. The summed E-state index contributed by atoms with van der Waals surface area (Å²) in [6.45, 7) is 4.91. The molecule has 0 unspecified atom stereocenters. The van der Waals surface area contributed by atoms with Crippen LogP contribution in [0.2, 0.25) is 0 Å². The molecule has 1 rings (SSSR count). The summed E-state index contributed by atoms with van der Waals surface area (Å²) in [5.41, 5.74) is 1.88. The van der Waals surface area contributed by atoms with E-state index in [0.717, 1.165) is 20.4 Å². The Morgan fingerprint density at radius 2 is 2.16 bits per heavy atom. The predicted octanol–water partition coefficient (Wildman–Crippen LogP) is 3.25. The van der Waals surface area contributed by atoms with E-state index in [1.807, 2.05) is 26.0 Å². The summed E-state index contributed by atoms with van der Waals surface area (Å²) in [7, 11) is 0. The molecule has 1 aromatic rings. The first-order valence-corrected chi connectivity index (χ1v) is 7.41. The van der Waals surface area contributed by atoms with Crippen LogP contribution in [0.15, 0.2) is 12.1 Å². The van der Waals surface area contributed by atoms with Crippen LogP contribution in [0.5, 0.6) is 5.75 Å². The van der Waals surface area contributed by atoms with Gasteiger partial charge in [-0.2, -0.15) is 0 Å². The maximum atomic E-state index is 11.0. The lowest BCUT2D eigenvalue weighted by Crippen LogP contribution is -2.07. The van der Waals surface area contributed by atoms with Gasteiger partial charge in [0.1, 0.15) is 18.2 Å². The first kappa shape index (κ1) is 16.5. The van der Waals surface area contributed by atoms with Crippen LogP contribution in [-0.4, -0.2) is 25.2 Å². The van der Waals surface area contributed by atoms with Crippen molar-refractivity contribution >= 4 is 40.2 Å². The van der Waals surface area contributed by atoms with E-state index in [1.165, 1.54) is 0 Å². The third-order valence-corrected chi connectivity index (χ3v) is 3.31. The monoisotopic (exact) mass is 398 g/mol. The van der Waals surface area contributed by atoms with E-state index in [0.29, 0.717) is 6.61 Å². The normalized spacial score (nSPS) is 10.3. The largest absolute Gasteiger partial charge is 0.466 e. The molecule has 0 heterocycles. The van der Waals surface area contributed by atoms with Gasteiger partial charge in [-0.1, -0.05) is 0 Å². The molecule has 0 aliphatic heterocycles. The van der Waals surface area contributed by atoms with Crippen molar-refractivity contribution in [3.05, 3.63) is 26.8 Å². The molecule has 0 bridgehead atoms. The van der Waals surface area contributed by atoms with E-state index in [1.54, 1.807) is 0 Å². The number of hydrogen-bond donors (Lipinski definition) is 0. The topological polar surface area (TPSA) is 44.8 Å². The molecular weight excluding hydrogens is 382 g/mol. The highest BCUT2D eigenvalue weighted by Crippen LogP contribution is 2.27. The molecule has 0 spiro atoms. The van der Waals surface area contributed by atoms with Gasteiger partial charge in [-0.15, -0.1) is 11.6 Å². The molecule has 106 valence electrons. The van der Waals surface area contributed by atoms with E-state index in [4.69, 9.17) is 25.8 Å². The average Bonchev–Trinajstić information content (AvgIpc) is 2.39. The Balaban J connectivity index is 2.70. The van der Waals surface area contributed by atoms with Gasteiger partial charge in [0.05, 0.1) is 3.57 Å². The summed E-state index contributed by atoms with van der Waals surface area (Å²) in [4.78, 5) is 11.0. The van der Waals surface area contributed by atoms with Crippen LogP contribution in [-0.2, 0) is 20.9 Å². The fourth-order valence-corrected chi connectivity index (χ4v) is 2.51. The standard InChI is InChI=1S/C13H16ClIO4/c1-3-17-8-19-13-9(2)4-10(5-11(13)15)7-18-12(16)6-14/h4-5H,3,6-8H2,1-2H3. The Labute approximate surface area is 131 Å². The van der Waals surface area contributed by atoms with Crippen LogP contribution >= 0.6 is 34.2 Å². The zero-order chi connectivity index (χ0) is 14.3. The summed E-state index contributed by atoms with van der Waals surface area (Å²) in [5.74, 6) is 0.235. The van der Waals surface area contributed by atoms with E-state index >= 15 is 0 Å². The summed E-state index contributed by atoms with van der Waals surface area (Å²) >= 11 is 7.55. The Bertz CT molecular complexity index is 414. The minimum Gasteiger partial charge on any atom is -0.466 e. The van der Waals surface area contributed by atoms with E-state index in [-0.39, 0.29) is 19.3 Å². The van der Waals surface area contributed by atoms with Gasteiger partial charge in [0.2, 0.25) is 0 Å². The Kier molecular flexibility index (Phi) is 7.48. The predicted molar refractivity (Wildman–Crippen MR) is 81.5 cm³/mol. The van der Waals surface area contributed by atoms with E-state index < -0.39 is 5.97 Å². The Hall–Kier alpha value is -0.530. The second-order valence-corrected chi connectivity index (χ2v) is 5.20. The lowest BCUT2D eigenvalue weighted by atomic mass is 10.1. The fraction of sp³-hybridized carbons (Fsp3) is 0.462. The van der Waals surface area contributed by atoms with Crippen LogP contribution in [0.4, 0.5) is 0 Å². The Morgan fingerprint density at radius 1 is 1.42 bits per heavy atom. The maximum absolute atomic E-state index is 11.0. The van der Waals surface area contributed by atoms with E-state index in [2.05, 4.69) is 22.6 Å². The second kappa shape index (κ2) is 8.60.